The number of rotatable bonds is 6. The third kappa shape index (κ3) is 5.94. The summed E-state index contributed by atoms with van der Waals surface area (Å²) in [6.45, 7) is 13.8. The molecule has 5 rings (SSSR count). The Kier molecular flexibility index (Phi) is 7.58. The average molecular weight is 580 g/mol. The zero-order valence-corrected chi connectivity index (χ0v) is 25.3. The van der Waals surface area contributed by atoms with Gasteiger partial charge < -0.3 is 30.6 Å². The van der Waals surface area contributed by atoms with Crippen molar-refractivity contribution >= 4 is 42.8 Å². The van der Waals surface area contributed by atoms with Crippen LogP contribution in [0.25, 0.3) is 0 Å². The van der Waals surface area contributed by atoms with E-state index < -0.39 is 32.2 Å². The van der Waals surface area contributed by atoms with Crippen LogP contribution in [-0.2, 0) is 6.54 Å². The molecule has 9 nitrogen and oxygen atoms in total. The van der Waals surface area contributed by atoms with E-state index in [4.69, 9.17) is 4.43 Å². The predicted molar refractivity (Wildman–Crippen MR) is 161 cm³/mol. The topological polar surface area (TPSA) is 119 Å². The molecule has 0 spiro atoms. The molecular formula is C30H38FN5O4Si. The molecule has 5 N–H and O–H groups in total. The van der Waals surface area contributed by atoms with Gasteiger partial charge in [0.25, 0.3) is 5.91 Å². The number of aryl methyl sites for hydroxylation is 1. The molecule has 1 aromatic heterocycles. The van der Waals surface area contributed by atoms with Crippen molar-refractivity contribution in [2.45, 2.75) is 64.6 Å². The Morgan fingerprint density at radius 2 is 1.78 bits per heavy atom. The number of β-amino-alcohol motifs (C(OH)–C–C–N with tert-alkyl or cyclic N) is 2. The first-order valence-corrected chi connectivity index (χ1v) is 16.7. The van der Waals surface area contributed by atoms with E-state index >= 15 is 4.39 Å². The fourth-order valence-electron chi connectivity index (χ4n) is 4.77. The van der Waals surface area contributed by atoms with Crippen LogP contribution in [0.5, 0.6) is 5.75 Å². The van der Waals surface area contributed by atoms with Crippen LogP contribution < -0.4 is 20.4 Å². The molecule has 2 atom stereocenters. The van der Waals surface area contributed by atoms with Gasteiger partial charge in [0.15, 0.2) is 0 Å². The van der Waals surface area contributed by atoms with Crippen LogP contribution in [0.4, 0.5) is 33.0 Å². The first-order chi connectivity index (χ1) is 19.2. The Hall–Kier alpha value is -3.51. The van der Waals surface area contributed by atoms with Gasteiger partial charge >= 0.3 is 0 Å². The van der Waals surface area contributed by atoms with Gasteiger partial charge in [0.2, 0.25) is 8.32 Å². The number of hydrogen-bond acceptors (Lipinski definition) is 8. The van der Waals surface area contributed by atoms with Gasteiger partial charge in [-0.05, 0) is 60.4 Å². The number of fused-ring (bicyclic) bond motifs is 2. The second-order valence-electron chi connectivity index (χ2n) is 12.5. The van der Waals surface area contributed by atoms with Gasteiger partial charge in [0, 0.05) is 31.9 Å². The summed E-state index contributed by atoms with van der Waals surface area (Å²) in [4.78, 5) is 19.9. The molecule has 3 heterocycles. The lowest BCUT2D eigenvalue weighted by atomic mass is 10.1. The molecule has 218 valence electrons. The fourth-order valence-corrected chi connectivity index (χ4v) is 5.85. The van der Waals surface area contributed by atoms with Crippen LogP contribution in [0.15, 0.2) is 42.6 Å². The molecule has 2 aliphatic rings. The second-order valence-corrected chi connectivity index (χ2v) is 17.2. The predicted octanol–water partition coefficient (Wildman–Crippen LogP) is 5.50. The summed E-state index contributed by atoms with van der Waals surface area (Å²) >= 11 is 0. The van der Waals surface area contributed by atoms with Crippen LogP contribution in [0.1, 0.15) is 42.3 Å². The molecule has 0 radical (unpaired) electrons. The van der Waals surface area contributed by atoms with Crippen LogP contribution in [0.3, 0.4) is 0 Å². The first kappa shape index (κ1) is 29.0. The van der Waals surface area contributed by atoms with Crippen LogP contribution in [-0.4, -0.2) is 59.6 Å². The molecule has 0 saturated carbocycles. The van der Waals surface area contributed by atoms with Crippen molar-refractivity contribution in [1.29, 1.82) is 0 Å². The number of amides is 1. The minimum Gasteiger partial charge on any atom is -0.543 e. The lowest BCUT2D eigenvalue weighted by molar-refractivity contribution is 0.0572. The Labute approximate surface area is 240 Å². The SMILES string of the molecule is Cc1cc(F)c(Nc2ccnc3c2C(=O)Nc2cc(CN4C[C@@H](O)[C@@H](O)C4)ccc2N3)cc1O[Si](C)(C)C(C)(C)C. The third-order valence-corrected chi connectivity index (χ3v) is 12.6. The highest BCUT2D eigenvalue weighted by molar-refractivity contribution is 6.74. The van der Waals surface area contributed by atoms with Crippen molar-refractivity contribution in [3.63, 3.8) is 0 Å². The molecule has 3 aromatic rings. The summed E-state index contributed by atoms with van der Waals surface area (Å²) in [6.07, 6.45) is 0.0257. The molecule has 2 aromatic carbocycles. The number of pyridine rings is 1. The number of carbonyl (C=O) groups is 1. The average Bonchev–Trinajstić information content (AvgIpc) is 3.10. The molecule has 0 bridgehead atoms. The molecule has 1 saturated heterocycles. The van der Waals surface area contributed by atoms with E-state index in [1.165, 1.54) is 6.07 Å². The summed E-state index contributed by atoms with van der Waals surface area (Å²) in [6, 6.07) is 10.4. The second kappa shape index (κ2) is 10.7. The number of nitrogens with zero attached hydrogens (tertiary/aromatic N) is 2. The van der Waals surface area contributed by atoms with Gasteiger partial charge in [-0.25, -0.2) is 9.37 Å². The van der Waals surface area contributed by atoms with E-state index in [9.17, 15) is 15.0 Å². The van der Waals surface area contributed by atoms with Gasteiger partial charge in [-0.15, -0.1) is 0 Å². The standard InChI is InChI=1S/C30H38FN5O4Si/c1-17-11-19(31)22(13-26(17)40-41(5,6)30(2,3)4)33-21-9-10-32-28-27(21)29(39)35-23-12-18(7-8-20(23)34-28)14-36-15-24(37)25(38)16-36/h7-13,24-25,37-38H,14-16H2,1-6H3,(H,35,39)(H2,32,33,34)/t24-,25+. The van der Waals surface area contributed by atoms with E-state index in [2.05, 4.69) is 54.8 Å². The normalized spacial score (nSPS) is 19.1. The van der Waals surface area contributed by atoms with Gasteiger partial charge in [0.1, 0.15) is 22.9 Å². The van der Waals surface area contributed by atoms with E-state index in [0.29, 0.717) is 53.8 Å². The molecule has 41 heavy (non-hydrogen) atoms. The number of likely N-dealkylation sites (tertiary alicyclic amines) is 1. The molecule has 11 heteroatoms. The van der Waals surface area contributed by atoms with Crippen LogP contribution >= 0.6 is 0 Å². The zero-order valence-electron chi connectivity index (χ0n) is 24.3. The number of aliphatic hydroxyl groups excluding tert-OH is 2. The summed E-state index contributed by atoms with van der Waals surface area (Å²) in [7, 11) is -2.17. The van der Waals surface area contributed by atoms with E-state index in [1.54, 1.807) is 18.3 Å². The Balaban J connectivity index is 1.41. The van der Waals surface area contributed by atoms with Gasteiger partial charge in [-0.2, -0.15) is 0 Å². The zero-order chi connectivity index (χ0) is 29.7. The van der Waals surface area contributed by atoms with Crippen molar-refractivity contribution in [2.75, 3.05) is 29.0 Å². The maximum atomic E-state index is 15.2. The van der Waals surface area contributed by atoms with Crippen LogP contribution in [0, 0.1) is 12.7 Å². The maximum absolute atomic E-state index is 15.2. The molecular weight excluding hydrogens is 541 g/mol. The highest BCUT2D eigenvalue weighted by atomic mass is 28.4. The summed E-state index contributed by atoms with van der Waals surface area (Å²) < 4.78 is 21.7. The molecule has 1 amide bonds. The summed E-state index contributed by atoms with van der Waals surface area (Å²) in [5.74, 6) is 0.107. The molecule has 0 aliphatic carbocycles. The highest BCUT2D eigenvalue weighted by Crippen LogP contribution is 2.40. The van der Waals surface area contributed by atoms with Crippen molar-refractivity contribution in [3.05, 3.63) is 65.1 Å². The lowest BCUT2D eigenvalue weighted by Gasteiger charge is -2.37. The number of hydrogen-bond donors (Lipinski definition) is 5. The van der Waals surface area contributed by atoms with Crippen molar-refractivity contribution in [3.8, 4) is 5.75 Å². The number of aliphatic hydroxyl groups is 2. The van der Waals surface area contributed by atoms with Crippen LogP contribution in [0.2, 0.25) is 18.1 Å². The molecule has 0 unspecified atom stereocenters. The van der Waals surface area contributed by atoms with E-state index in [1.807, 2.05) is 30.0 Å². The Bertz CT molecular complexity index is 1480. The van der Waals surface area contributed by atoms with Crippen molar-refractivity contribution in [2.24, 2.45) is 0 Å². The lowest BCUT2D eigenvalue weighted by Crippen LogP contribution is -2.44. The first-order valence-electron chi connectivity index (χ1n) is 13.8. The Morgan fingerprint density at radius 1 is 1.07 bits per heavy atom. The van der Waals surface area contributed by atoms with Gasteiger partial charge in [0.05, 0.1) is 35.0 Å². The van der Waals surface area contributed by atoms with Gasteiger partial charge in [-0.1, -0.05) is 26.8 Å². The summed E-state index contributed by atoms with van der Waals surface area (Å²) in [5, 5.41) is 29.0. The van der Waals surface area contributed by atoms with Crippen molar-refractivity contribution in [1.82, 2.24) is 9.88 Å². The summed E-state index contributed by atoms with van der Waals surface area (Å²) in [5.41, 5.74) is 3.71. The number of nitrogens with one attached hydrogen (secondary N) is 3. The monoisotopic (exact) mass is 579 g/mol. The maximum Gasteiger partial charge on any atom is 0.261 e. The third-order valence-electron chi connectivity index (χ3n) is 8.21. The molecule has 1 fully saturated rings. The number of aromatic nitrogens is 1. The highest BCUT2D eigenvalue weighted by Gasteiger charge is 2.39. The molecule has 2 aliphatic heterocycles. The number of anilines is 5. The number of halogens is 1. The largest absolute Gasteiger partial charge is 0.543 e. The number of carbonyl (C=O) groups excluding carboxylic acids is 1. The van der Waals surface area contributed by atoms with Gasteiger partial charge in [-0.3, -0.25) is 9.69 Å². The Morgan fingerprint density at radius 3 is 2.46 bits per heavy atom. The minimum absolute atomic E-state index is 0.0283. The smallest absolute Gasteiger partial charge is 0.261 e. The fraction of sp³-hybridized carbons (Fsp3) is 0.400. The quantitative estimate of drug-likeness (QED) is 0.243. The minimum atomic E-state index is -2.17. The van der Waals surface area contributed by atoms with E-state index in [-0.39, 0.29) is 16.3 Å². The van der Waals surface area contributed by atoms with E-state index in [0.717, 1.165) is 5.56 Å². The number of benzene rings is 2. The van der Waals surface area contributed by atoms with Crippen molar-refractivity contribution < 1.29 is 23.8 Å².